The summed E-state index contributed by atoms with van der Waals surface area (Å²) in [6.45, 7) is 3.04. The van der Waals surface area contributed by atoms with Crippen LogP contribution >= 0.6 is 24.0 Å². The Hall–Kier alpha value is -1.75. The third kappa shape index (κ3) is 7.54. The summed E-state index contributed by atoms with van der Waals surface area (Å²) >= 11 is 0. The molecule has 1 saturated heterocycles. The largest absolute Gasteiger partial charge is 0.493 e. The Labute approximate surface area is 190 Å². The highest BCUT2D eigenvalue weighted by Gasteiger charge is 2.30. The van der Waals surface area contributed by atoms with Crippen LogP contribution in [0.5, 0.6) is 11.5 Å². The summed E-state index contributed by atoms with van der Waals surface area (Å²) in [5.74, 6) is 1.97. The second-order valence-electron chi connectivity index (χ2n) is 7.10. The monoisotopic (exact) mass is 519 g/mol. The van der Waals surface area contributed by atoms with Crippen molar-refractivity contribution in [2.45, 2.75) is 31.8 Å². The number of ether oxygens (including phenoxy) is 2. The molecular formula is C20H34IN5O3. The first kappa shape index (κ1) is 25.3. The summed E-state index contributed by atoms with van der Waals surface area (Å²) in [5, 5.41) is 3.14. The number of amides is 1. The molecule has 1 aliphatic rings. The molecule has 0 aliphatic carbocycles. The summed E-state index contributed by atoms with van der Waals surface area (Å²) in [5.41, 5.74) is 6.96. The Morgan fingerprint density at radius 3 is 2.69 bits per heavy atom. The van der Waals surface area contributed by atoms with E-state index in [1.807, 2.05) is 32.3 Å². The molecule has 1 aromatic rings. The van der Waals surface area contributed by atoms with E-state index in [-0.39, 0.29) is 35.9 Å². The van der Waals surface area contributed by atoms with Gasteiger partial charge in [-0.1, -0.05) is 6.07 Å². The van der Waals surface area contributed by atoms with Crippen LogP contribution in [0.1, 0.15) is 24.8 Å². The first-order valence-electron chi connectivity index (χ1n) is 9.66. The molecule has 1 unspecified atom stereocenters. The smallest absolute Gasteiger partial charge is 0.239 e. The number of methoxy groups -OCH3 is 2. The quantitative estimate of drug-likeness (QED) is 0.223. The summed E-state index contributed by atoms with van der Waals surface area (Å²) in [4.78, 5) is 20.5. The summed E-state index contributed by atoms with van der Waals surface area (Å²) in [7, 11) is 6.85. The lowest BCUT2D eigenvalue weighted by molar-refractivity contribution is -0.133. The molecule has 0 saturated carbocycles. The normalized spacial score (nSPS) is 16.8. The summed E-state index contributed by atoms with van der Waals surface area (Å²) < 4.78 is 10.5. The average Bonchev–Trinajstić information content (AvgIpc) is 3.17. The molecule has 164 valence electrons. The zero-order valence-corrected chi connectivity index (χ0v) is 20.1. The number of aliphatic imine (C=N–C) groups is 1. The van der Waals surface area contributed by atoms with Gasteiger partial charge in [0.15, 0.2) is 17.5 Å². The van der Waals surface area contributed by atoms with Crippen molar-refractivity contribution in [2.24, 2.45) is 10.7 Å². The molecule has 1 aromatic carbocycles. The Morgan fingerprint density at radius 1 is 1.31 bits per heavy atom. The third-order valence-electron chi connectivity index (χ3n) is 4.90. The molecule has 1 atom stereocenters. The Balaban J connectivity index is 0.00000420. The van der Waals surface area contributed by atoms with Crippen molar-refractivity contribution >= 4 is 35.8 Å². The lowest BCUT2D eigenvalue weighted by Gasteiger charge is -2.26. The van der Waals surface area contributed by atoms with E-state index in [1.165, 1.54) is 0 Å². The van der Waals surface area contributed by atoms with E-state index < -0.39 is 0 Å². The zero-order valence-electron chi connectivity index (χ0n) is 17.8. The Morgan fingerprint density at radius 2 is 2.03 bits per heavy atom. The van der Waals surface area contributed by atoms with Crippen molar-refractivity contribution in [1.82, 2.24) is 15.1 Å². The van der Waals surface area contributed by atoms with Crippen LogP contribution in [-0.2, 0) is 11.3 Å². The van der Waals surface area contributed by atoms with Gasteiger partial charge >= 0.3 is 0 Å². The third-order valence-corrected chi connectivity index (χ3v) is 4.90. The highest BCUT2D eigenvalue weighted by atomic mass is 127. The summed E-state index contributed by atoms with van der Waals surface area (Å²) in [6, 6.07) is 5.71. The van der Waals surface area contributed by atoms with E-state index in [9.17, 15) is 4.79 Å². The maximum absolute atomic E-state index is 12.2. The zero-order chi connectivity index (χ0) is 20.5. The number of nitrogens with zero attached hydrogens (tertiary/aromatic N) is 3. The number of carbonyl (C=O) groups excluding carboxylic acids is 1. The number of nitrogens with two attached hydrogens (primary N) is 1. The number of rotatable bonds is 9. The van der Waals surface area contributed by atoms with E-state index in [0.717, 1.165) is 44.5 Å². The second kappa shape index (κ2) is 12.7. The lowest BCUT2D eigenvalue weighted by Crippen LogP contribution is -2.43. The number of likely N-dealkylation sites (tertiary alicyclic amines) is 1. The van der Waals surface area contributed by atoms with Crippen molar-refractivity contribution in [3.05, 3.63) is 23.8 Å². The maximum Gasteiger partial charge on any atom is 0.239 e. The average molecular weight is 519 g/mol. The van der Waals surface area contributed by atoms with Gasteiger partial charge in [0.1, 0.15) is 0 Å². The molecule has 0 aromatic heterocycles. The predicted molar refractivity (Wildman–Crippen MR) is 126 cm³/mol. The fraction of sp³-hybridized carbons (Fsp3) is 0.600. The molecule has 29 heavy (non-hydrogen) atoms. The molecule has 1 fully saturated rings. The molecular weight excluding hydrogens is 485 g/mol. The van der Waals surface area contributed by atoms with Crippen molar-refractivity contribution in [2.75, 3.05) is 47.9 Å². The predicted octanol–water partition coefficient (Wildman–Crippen LogP) is 1.67. The van der Waals surface area contributed by atoms with Crippen LogP contribution in [0.3, 0.4) is 0 Å². The first-order chi connectivity index (χ1) is 13.5. The number of hydrogen-bond donors (Lipinski definition) is 2. The fourth-order valence-corrected chi connectivity index (χ4v) is 3.38. The molecule has 1 amide bonds. The summed E-state index contributed by atoms with van der Waals surface area (Å²) in [6.07, 6.45) is 2.93. The molecule has 2 rings (SSSR count). The minimum Gasteiger partial charge on any atom is -0.493 e. The van der Waals surface area contributed by atoms with Crippen LogP contribution < -0.4 is 20.5 Å². The minimum atomic E-state index is 0. The number of carbonyl (C=O) groups is 1. The second-order valence-corrected chi connectivity index (χ2v) is 7.10. The molecule has 1 heterocycles. The van der Waals surface area contributed by atoms with Crippen molar-refractivity contribution in [3.63, 3.8) is 0 Å². The van der Waals surface area contributed by atoms with Gasteiger partial charge in [0.05, 0.1) is 26.8 Å². The van der Waals surface area contributed by atoms with Crippen LogP contribution in [0, 0.1) is 0 Å². The van der Waals surface area contributed by atoms with Crippen molar-refractivity contribution in [3.8, 4) is 11.5 Å². The van der Waals surface area contributed by atoms with Crippen LogP contribution in [-0.4, -0.2) is 75.7 Å². The van der Waals surface area contributed by atoms with Gasteiger partial charge in [0, 0.05) is 27.2 Å². The van der Waals surface area contributed by atoms with E-state index in [1.54, 1.807) is 19.1 Å². The van der Waals surface area contributed by atoms with Crippen LogP contribution in [0.25, 0.3) is 0 Å². The first-order valence-corrected chi connectivity index (χ1v) is 9.66. The number of nitrogens with one attached hydrogen (secondary N) is 1. The van der Waals surface area contributed by atoms with E-state index in [4.69, 9.17) is 15.2 Å². The van der Waals surface area contributed by atoms with Gasteiger partial charge in [-0.05, 0) is 43.5 Å². The van der Waals surface area contributed by atoms with Gasteiger partial charge < -0.3 is 25.4 Å². The van der Waals surface area contributed by atoms with Gasteiger partial charge in [-0.3, -0.25) is 9.69 Å². The van der Waals surface area contributed by atoms with Crippen LogP contribution in [0.2, 0.25) is 0 Å². The number of guanidine groups is 1. The minimum absolute atomic E-state index is 0. The molecule has 3 N–H and O–H groups in total. The van der Waals surface area contributed by atoms with Gasteiger partial charge in [-0.25, -0.2) is 4.99 Å². The van der Waals surface area contributed by atoms with E-state index in [0.29, 0.717) is 24.0 Å². The number of hydrogen-bond acceptors (Lipinski definition) is 5. The van der Waals surface area contributed by atoms with Gasteiger partial charge in [0.25, 0.3) is 0 Å². The molecule has 0 spiro atoms. The van der Waals surface area contributed by atoms with Gasteiger partial charge in [-0.15, -0.1) is 24.0 Å². The standard InChI is InChI=1S/C20H33N5O3.HI/c1-24(2)19(26)16-7-5-11-25(16)12-6-10-22-20(21)23-14-15-8-9-17(27-3)18(13-15)28-4;/h8-9,13,16H,5-7,10-12,14H2,1-4H3,(H3,21,22,23);1H. The topological polar surface area (TPSA) is 92.4 Å². The molecule has 0 bridgehead atoms. The maximum atomic E-state index is 12.2. The Bertz CT molecular complexity index is 684. The number of benzene rings is 1. The highest BCUT2D eigenvalue weighted by molar-refractivity contribution is 14.0. The van der Waals surface area contributed by atoms with Crippen LogP contribution in [0.4, 0.5) is 0 Å². The number of likely N-dealkylation sites (N-methyl/N-ethyl adjacent to an activating group) is 1. The lowest BCUT2D eigenvalue weighted by atomic mass is 10.2. The number of halogens is 1. The Kier molecular flexibility index (Phi) is 11.1. The van der Waals surface area contributed by atoms with Gasteiger partial charge in [0.2, 0.25) is 5.91 Å². The van der Waals surface area contributed by atoms with E-state index in [2.05, 4.69) is 15.2 Å². The van der Waals surface area contributed by atoms with Crippen molar-refractivity contribution < 1.29 is 14.3 Å². The van der Waals surface area contributed by atoms with Crippen LogP contribution in [0.15, 0.2) is 23.2 Å². The highest BCUT2D eigenvalue weighted by Crippen LogP contribution is 2.27. The fourth-order valence-electron chi connectivity index (χ4n) is 3.38. The molecule has 8 nitrogen and oxygen atoms in total. The van der Waals surface area contributed by atoms with E-state index >= 15 is 0 Å². The molecule has 0 radical (unpaired) electrons. The van der Waals surface area contributed by atoms with Crippen molar-refractivity contribution in [1.29, 1.82) is 0 Å². The molecule has 9 heteroatoms. The SMILES string of the molecule is COc1ccc(CN=C(N)NCCCN2CCCC2C(=O)N(C)C)cc1OC.I. The van der Waals surface area contributed by atoms with Gasteiger partial charge in [-0.2, -0.15) is 0 Å². The molecule has 1 aliphatic heterocycles.